The van der Waals surface area contributed by atoms with E-state index in [1.165, 1.54) is 38.5 Å². The van der Waals surface area contributed by atoms with E-state index in [0.29, 0.717) is 5.41 Å². The maximum atomic E-state index is 7.22. The Morgan fingerprint density at radius 3 is 2.08 bits per heavy atom. The highest BCUT2D eigenvalue weighted by atomic mass is 14.4. The summed E-state index contributed by atoms with van der Waals surface area (Å²) in [4.78, 5) is 0. The van der Waals surface area contributed by atoms with E-state index >= 15 is 0 Å². The summed E-state index contributed by atoms with van der Waals surface area (Å²) in [6.45, 7) is 6.77. The average Bonchev–Trinajstić information content (AvgIpc) is 2.17. The van der Waals surface area contributed by atoms with Crippen LogP contribution in [0, 0.1) is 10.8 Å². The first-order valence-corrected chi connectivity index (χ1v) is 5.73. The van der Waals surface area contributed by atoms with E-state index < -0.39 is 0 Å². The van der Waals surface area contributed by atoms with E-state index in [0.717, 1.165) is 6.42 Å². The lowest BCUT2D eigenvalue weighted by molar-refractivity contribution is 0.243. The number of hydrogen-bond acceptors (Lipinski definition) is 1. The summed E-state index contributed by atoms with van der Waals surface area (Å²) in [7, 11) is 0. The van der Waals surface area contributed by atoms with Gasteiger partial charge < -0.3 is 5.41 Å². The van der Waals surface area contributed by atoms with Crippen LogP contribution < -0.4 is 0 Å². The Bertz CT molecular complexity index is 125. The molecular formula is C12H25N. The fourth-order valence-corrected chi connectivity index (χ4v) is 1.96. The zero-order valence-corrected chi connectivity index (χ0v) is 9.53. The maximum Gasteiger partial charge on any atom is -0.00422 e. The van der Waals surface area contributed by atoms with Crippen LogP contribution in [-0.4, -0.2) is 6.21 Å². The minimum absolute atomic E-state index is 0.441. The van der Waals surface area contributed by atoms with Crippen LogP contribution >= 0.6 is 0 Å². The highest BCUT2D eigenvalue weighted by Gasteiger charge is 2.23. The Morgan fingerprint density at radius 1 is 1.08 bits per heavy atom. The van der Waals surface area contributed by atoms with Gasteiger partial charge in [-0.05, 0) is 24.5 Å². The van der Waals surface area contributed by atoms with Crippen LogP contribution in [0.2, 0.25) is 0 Å². The summed E-state index contributed by atoms with van der Waals surface area (Å²) < 4.78 is 0. The third-order valence-electron chi connectivity index (χ3n) is 3.35. The second-order valence-electron chi connectivity index (χ2n) is 4.07. The van der Waals surface area contributed by atoms with Crippen molar-refractivity contribution >= 4 is 6.21 Å². The predicted molar refractivity (Wildman–Crippen MR) is 60.6 cm³/mol. The fourth-order valence-electron chi connectivity index (χ4n) is 1.96. The van der Waals surface area contributed by atoms with Gasteiger partial charge in [-0.25, -0.2) is 0 Å². The predicted octanol–water partition coefficient (Wildman–Crippen LogP) is 4.41. The molecule has 0 rings (SSSR count). The van der Waals surface area contributed by atoms with Gasteiger partial charge in [0.2, 0.25) is 0 Å². The van der Waals surface area contributed by atoms with E-state index in [1.807, 2.05) is 0 Å². The smallest absolute Gasteiger partial charge is 0.00422 e. The van der Waals surface area contributed by atoms with Gasteiger partial charge in [0.15, 0.2) is 0 Å². The Labute approximate surface area is 83.4 Å². The molecule has 0 aromatic rings. The molecule has 1 N–H and O–H groups in total. The third-order valence-corrected chi connectivity index (χ3v) is 3.35. The first kappa shape index (κ1) is 12.7. The van der Waals surface area contributed by atoms with Gasteiger partial charge in [0.1, 0.15) is 0 Å². The van der Waals surface area contributed by atoms with Crippen LogP contribution in [-0.2, 0) is 0 Å². The molecule has 0 amide bonds. The van der Waals surface area contributed by atoms with Crippen molar-refractivity contribution in [1.29, 1.82) is 5.41 Å². The lowest BCUT2D eigenvalue weighted by Crippen LogP contribution is -2.19. The molecule has 0 aliphatic heterocycles. The molecule has 1 nitrogen and oxygen atoms in total. The van der Waals surface area contributed by atoms with Gasteiger partial charge in [-0.2, -0.15) is 0 Å². The maximum absolute atomic E-state index is 7.22. The molecular weight excluding hydrogens is 158 g/mol. The molecule has 13 heavy (non-hydrogen) atoms. The van der Waals surface area contributed by atoms with Crippen molar-refractivity contribution in [2.24, 2.45) is 5.41 Å². The molecule has 0 spiro atoms. The Hall–Kier alpha value is -0.330. The zero-order valence-electron chi connectivity index (χ0n) is 9.53. The topological polar surface area (TPSA) is 23.9 Å². The Balaban J connectivity index is 3.96. The number of hydrogen-bond donors (Lipinski definition) is 1. The van der Waals surface area contributed by atoms with E-state index in [9.17, 15) is 0 Å². The summed E-state index contributed by atoms with van der Waals surface area (Å²) in [6.07, 6.45) is 10.3. The monoisotopic (exact) mass is 183 g/mol. The normalized spacial score (nSPS) is 11.6. The molecule has 0 unspecified atom stereocenters. The summed E-state index contributed by atoms with van der Waals surface area (Å²) in [5.74, 6) is 0. The van der Waals surface area contributed by atoms with E-state index in [1.54, 1.807) is 6.21 Å². The SMILES string of the molecule is CCCCCC(CC)(CC)CC=N. The van der Waals surface area contributed by atoms with Crippen LogP contribution in [0.25, 0.3) is 0 Å². The van der Waals surface area contributed by atoms with Crippen molar-refractivity contribution in [3.05, 3.63) is 0 Å². The molecule has 0 aliphatic carbocycles. The molecule has 0 fully saturated rings. The molecule has 0 saturated carbocycles. The van der Waals surface area contributed by atoms with E-state index in [4.69, 9.17) is 5.41 Å². The Morgan fingerprint density at radius 2 is 1.69 bits per heavy atom. The van der Waals surface area contributed by atoms with Crippen LogP contribution in [0.15, 0.2) is 0 Å². The van der Waals surface area contributed by atoms with Crippen LogP contribution in [0.5, 0.6) is 0 Å². The number of unbranched alkanes of at least 4 members (excludes halogenated alkanes) is 2. The van der Waals surface area contributed by atoms with Crippen molar-refractivity contribution < 1.29 is 0 Å². The Kier molecular flexibility index (Phi) is 6.93. The molecule has 78 valence electrons. The fraction of sp³-hybridized carbons (Fsp3) is 0.917. The van der Waals surface area contributed by atoms with Crippen molar-refractivity contribution in [3.63, 3.8) is 0 Å². The van der Waals surface area contributed by atoms with Crippen LogP contribution in [0.1, 0.15) is 65.7 Å². The lowest BCUT2D eigenvalue weighted by atomic mass is 9.75. The summed E-state index contributed by atoms with van der Waals surface area (Å²) in [5.41, 5.74) is 0.441. The van der Waals surface area contributed by atoms with Gasteiger partial charge in [0, 0.05) is 0 Å². The number of rotatable bonds is 8. The van der Waals surface area contributed by atoms with Crippen molar-refractivity contribution in [2.45, 2.75) is 65.7 Å². The summed E-state index contributed by atoms with van der Waals surface area (Å²) in [6, 6.07) is 0. The van der Waals surface area contributed by atoms with Crippen LogP contribution in [0.3, 0.4) is 0 Å². The quantitative estimate of drug-likeness (QED) is 0.425. The first-order chi connectivity index (χ1) is 6.24. The van der Waals surface area contributed by atoms with Crippen molar-refractivity contribution in [3.8, 4) is 0 Å². The summed E-state index contributed by atoms with van der Waals surface area (Å²) in [5, 5.41) is 7.22. The largest absolute Gasteiger partial charge is 0.313 e. The highest BCUT2D eigenvalue weighted by molar-refractivity contribution is 5.54. The molecule has 0 heterocycles. The van der Waals surface area contributed by atoms with Gasteiger partial charge in [-0.15, -0.1) is 0 Å². The van der Waals surface area contributed by atoms with Crippen molar-refractivity contribution in [1.82, 2.24) is 0 Å². The second-order valence-corrected chi connectivity index (χ2v) is 4.07. The van der Waals surface area contributed by atoms with Gasteiger partial charge >= 0.3 is 0 Å². The molecule has 1 heteroatoms. The molecule has 0 aromatic heterocycles. The highest BCUT2D eigenvalue weighted by Crippen LogP contribution is 2.35. The van der Waals surface area contributed by atoms with Gasteiger partial charge in [-0.3, -0.25) is 0 Å². The van der Waals surface area contributed by atoms with Crippen LogP contribution in [0.4, 0.5) is 0 Å². The molecule has 0 atom stereocenters. The van der Waals surface area contributed by atoms with Gasteiger partial charge in [0.25, 0.3) is 0 Å². The van der Waals surface area contributed by atoms with Gasteiger partial charge in [-0.1, -0.05) is 52.9 Å². The molecule has 0 aliphatic rings. The lowest BCUT2D eigenvalue weighted by Gasteiger charge is -2.30. The third kappa shape index (κ3) is 4.44. The molecule has 0 aromatic carbocycles. The zero-order chi connectivity index (χ0) is 10.2. The minimum Gasteiger partial charge on any atom is -0.313 e. The van der Waals surface area contributed by atoms with E-state index in [2.05, 4.69) is 20.8 Å². The number of nitrogens with one attached hydrogen (secondary N) is 1. The molecule has 0 radical (unpaired) electrons. The molecule has 0 bridgehead atoms. The summed E-state index contributed by atoms with van der Waals surface area (Å²) >= 11 is 0. The average molecular weight is 183 g/mol. The second kappa shape index (κ2) is 7.11. The van der Waals surface area contributed by atoms with Gasteiger partial charge in [0.05, 0.1) is 0 Å². The minimum atomic E-state index is 0.441. The van der Waals surface area contributed by atoms with E-state index in [-0.39, 0.29) is 0 Å². The molecule has 0 saturated heterocycles. The standard InChI is InChI=1S/C12H25N/c1-4-7-8-9-12(5-2,6-3)10-11-13/h11,13H,4-10H2,1-3H3. The first-order valence-electron chi connectivity index (χ1n) is 5.73. The van der Waals surface area contributed by atoms with Crippen molar-refractivity contribution in [2.75, 3.05) is 0 Å².